The van der Waals surface area contributed by atoms with Crippen molar-refractivity contribution in [2.24, 2.45) is 0 Å². The summed E-state index contributed by atoms with van der Waals surface area (Å²) in [5.41, 5.74) is 1.49. The molecule has 0 aromatic rings. The molecule has 70 valence electrons. The van der Waals surface area contributed by atoms with Gasteiger partial charge in [0.15, 0.2) is 0 Å². The van der Waals surface area contributed by atoms with Crippen LogP contribution in [0.2, 0.25) is 0 Å². The fourth-order valence-corrected chi connectivity index (χ4v) is 2.55. The van der Waals surface area contributed by atoms with Gasteiger partial charge in [0.05, 0.1) is 5.37 Å². The van der Waals surface area contributed by atoms with Gasteiger partial charge in [0.25, 0.3) is 0 Å². The van der Waals surface area contributed by atoms with Gasteiger partial charge in [0.2, 0.25) is 0 Å². The summed E-state index contributed by atoms with van der Waals surface area (Å²) >= 11 is 1.96. The number of rotatable bonds is 4. The molecule has 0 spiro atoms. The molecule has 12 heavy (non-hydrogen) atoms. The first-order chi connectivity index (χ1) is 5.74. The number of unbranched alkanes of at least 4 members (excludes halogenated alkanes) is 2. The maximum atomic E-state index is 3.51. The maximum absolute atomic E-state index is 3.51. The van der Waals surface area contributed by atoms with E-state index in [9.17, 15) is 0 Å². The van der Waals surface area contributed by atoms with Crippen LogP contribution in [0.3, 0.4) is 0 Å². The van der Waals surface area contributed by atoms with Gasteiger partial charge in [-0.1, -0.05) is 19.8 Å². The Labute approximate surface area is 80.0 Å². The van der Waals surface area contributed by atoms with E-state index in [1.54, 1.807) is 0 Å². The molecule has 0 bridgehead atoms. The van der Waals surface area contributed by atoms with Gasteiger partial charge >= 0.3 is 0 Å². The molecule has 0 aliphatic carbocycles. The largest absolute Gasteiger partial charge is 0.376 e. The number of thioether (sulfide) groups is 1. The molecule has 0 aromatic heterocycles. The van der Waals surface area contributed by atoms with Crippen LogP contribution in [0.1, 0.15) is 46.5 Å². The lowest BCUT2D eigenvalue weighted by atomic mass is 10.1. The highest BCUT2D eigenvalue weighted by Gasteiger charge is 2.16. The molecule has 1 N–H and O–H groups in total. The lowest BCUT2D eigenvalue weighted by molar-refractivity contribution is 0.669. The van der Waals surface area contributed by atoms with Crippen molar-refractivity contribution >= 4 is 11.8 Å². The lowest BCUT2D eigenvalue weighted by Gasteiger charge is -2.06. The Bertz CT molecular complexity index is 175. The first-order valence-electron chi connectivity index (χ1n) is 4.87. The molecule has 0 saturated carbocycles. The Kier molecular flexibility index (Phi) is 3.99. The van der Waals surface area contributed by atoms with Crippen LogP contribution in [-0.4, -0.2) is 5.37 Å². The Hall–Kier alpha value is -0.110. The van der Waals surface area contributed by atoms with Gasteiger partial charge in [-0.3, -0.25) is 0 Å². The summed E-state index contributed by atoms with van der Waals surface area (Å²) in [5.74, 6) is 0. The molecule has 1 heterocycles. The lowest BCUT2D eigenvalue weighted by Crippen LogP contribution is -2.16. The quantitative estimate of drug-likeness (QED) is 0.673. The molecule has 1 unspecified atom stereocenters. The second kappa shape index (κ2) is 4.80. The Morgan fingerprint density at radius 2 is 2.17 bits per heavy atom. The van der Waals surface area contributed by atoms with E-state index < -0.39 is 0 Å². The molecular formula is C10H19NS. The van der Waals surface area contributed by atoms with E-state index >= 15 is 0 Å². The van der Waals surface area contributed by atoms with Crippen molar-refractivity contribution in [2.45, 2.75) is 51.8 Å². The van der Waals surface area contributed by atoms with E-state index in [-0.39, 0.29) is 0 Å². The topological polar surface area (TPSA) is 12.0 Å². The van der Waals surface area contributed by atoms with Crippen LogP contribution in [0.4, 0.5) is 0 Å². The van der Waals surface area contributed by atoms with Gasteiger partial charge in [0.1, 0.15) is 0 Å². The normalized spacial score (nSPS) is 23.1. The molecule has 2 heteroatoms. The van der Waals surface area contributed by atoms with Gasteiger partial charge in [-0.15, -0.1) is 11.8 Å². The summed E-state index contributed by atoms with van der Waals surface area (Å²) in [5, 5.41) is 4.10. The molecule has 0 amide bonds. The van der Waals surface area contributed by atoms with Crippen LogP contribution in [0, 0.1) is 0 Å². The van der Waals surface area contributed by atoms with Crippen LogP contribution in [0.25, 0.3) is 0 Å². The summed E-state index contributed by atoms with van der Waals surface area (Å²) in [6, 6.07) is 0. The molecular weight excluding hydrogens is 166 g/mol. The fourth-order valence-electron chi connectivity index (χ4n) is 1.51. The summed E-state index contributed by atoms with van der Waals surface area (Å²) in [4.78, 5) is 1.50. The van der Waals surface area contributed by atoms with Crippen molar-refractivity contribution in [2.75, 3.05) is 0 Å². The number of hydrogen-bond acceptors (Lipinski definition) is 2. The SMILES string of the molecule is CCCCCC1=C(C)SC(C)N1. The molecule has 1 aliphatic rings. The highest BCUT2D eigenvalue weighted by molar-refractivity contribution is 8.03. The fraction of sp³-hybridized carbons (Fsp3) is 0.800. The molecule has 1 atom stereocenters. The third-order valence-corrected chi connectivity index (χ3v) is 3.26. The Balaban J connectivity index is 2.27. The van der Waals surface area contributed by atoms with E-state index in [1.165, 1.54) is 36.3 Å². The van der Waals surface area contributed by atoms with Gasteiger partial charge in [-0.2, -0.15) is 0 Å². The molecule has 0 fully saturated rings. The molecule has 0 aromatic carbocycles. The third-order valence-electron chi connectivity index (χ3n) is 2.19. The van der Waals surface area contributed by atoms with E-state index in [1.807, 2.05) is 11.8 Å². The molecule has 0 radical (unpaired) electrons. The summed E-state index contributed by atoms with van der Waals surface area (Å²) in [7, 11) is 0. The van der Waals surface area contributed by atoms with Crippen LogP contribution in [0.5, 0.6) is 0 Å². The zero-order valence-corrected chi connectivity index (χ0v) is 9.13. The summed E-state index contributed by atoms with van der Waals surface area (Å²) in [6.45, 7) is 6.70. The van der Waals surface area contributed by atoms with Gasteiger partial charge in [0, 0.05) is 10.6 Å². The minimum absolute atomic E-state index is 0.599. The first kappa shape index (κ1) is 9.97. The molecule has 1 rings (SSSR count). The van der Waals surface area contributed by atoms with Crippen molar-refractivity contribution < 1.29 is 0 Å². The second-order valence-corrected chi connectivity index (χ2v) is 4.95. The van der Waals surface area contributed by atoms with Crippen LogP contribution in [0.15, 0.2) is 10.6 Å². The molecule has 0 saturated heterocycles. The predicted octanol–water partition coefficient (Wildman–Crippen LogP) is 3.48. The number of allylic oxidation sites excluding steroid dienone is 2. The van der Waals surface area contributed by atoms with Crippen LogP contribution >= 0.6 is 11.8 Å². The average molecular weight is 185 g/mol. The zero-order valence-electron chi connectivity index (χ0n) is 8.31. The summed E-state index contributed by atoms with van der Waals surface area (Å²) < 4.78 is 0. The highest BCUT2D eigenvalue weighted by atomic mass is 32.2. The summed E-state index contributed by atoms with van der Waals surface area (Å²) in [6.07, 6.45) is 5.26. The second-order valence-electron chi connectivity index (χ2n) is 3.40. The smallest absolute Gasteiger partial charge is 0.0735 e. The molecule has 1 nitrogen and oxygen atoms in total. The Morgan fingerprint density at radius 3 is 2.67 bits per heavy atom. The van der Waals surface area contributed by atoms with Gasteiger partial charge in [-0.05, 0) is 26.7 Å². The predicted molar refractivity (Wildman–Crippen MR) is 57.0 cm³/mol. The van der Waals surface area contributed by atoms with Gasteiger partial charge in [-0.25, -0.2) is 0 Å². The maximum Gasteiger partial charge on any atom is 0.0735 e. The van der Waals surface area contributed by atoms with Crippen LogP contribution in [-0.2, 0) is 0 Å². The van der Waals surface area contributed by atoms with Crippen LogP contribution < -0.4 is 5.32 Å². The standard InChI is InChI=1S/C10H19NS/c1-4-5-6-7-10-8(2)12-9(3)11-10/h9,11H,4-7H2,1-3H3. The van der Waals surface area contributed by atoms with E-state index in [2.05, 4.69) is 26.1 Å². The van der Waals surface area contributed by atoms with Crippen molar-refractivity contribution in [1.29, 1.82) is 0 Å². The zero-order chi connectivity index (χ0) is 8.97. The van der Waals surface area contributed by atoms with Gasteiger partial charge < -0.3 is 5.32 Å². The minimum atomic E-state index is 0.599. The third kappa shape index (κ3) is 2.74. The van der Waals surface area contributed by atoms with E-state index in [0.717, 1.165) is 0 Å². The average Bonchev–Trinajstić information content (AvgIpc) is 2.31. The van der Waals surface area contributed by atoms with Crippen molar-refractivity contribution in [3.05, 3.63) is 10.6 Å². The Morgan fingerprint density at radius 1 is 1.42 bits per heavy atom. The first-order valence-corrected chi connectivity index (χ1v) is 5.75. The van der Waals surface area contributed by atoms with E-state index in [4.69, 9.17) is 0 Å². The number of hydrogen-bond donors (Lipinski definition) is 1. The highest BCUT2D eigenvalue weighted by Crippen LogP contribution is 2.31. The minimum Gasteiger partial charge on any atom is -0.376 e. The van der Waals surface area contributed by atoms with Crippen molar-refractivity contribution in [1.82, 2.24) is 5.32 Å². The monoisotopic (exact) mass is 185 g/mol. The van der Waals surface area contributed by atoms with Crippen molar-refractivity contribution in [3.63, 3.8) is 0 Å². The number of nitrogens with one attached hydrogen (secondary N) is 1. The van der Waals surface area contributed by atoms with E-state index in [0.29, 0.717) is 5.37 Å². The van der Waals surface area contributed by atoms with Crippen molar-refractivity contribution in [3.8, 4) is 0 Å². The molecule has 1 aliphatic heterocycles.